The molecule has 2 aromatic carbocycles. The smallest absolute Gasteiger partial charge is 0.407 e. The number of carbonyl (C=O) groups excluding carboxylic acids is 2. The van der Waals surface area contributed by atoms with E-state index in [-0.39, 0.29) is 18.2 Å². The number of carboxylic acids is 1. The minimum absolute atomic E-state index is 0.0133. The van der Waals surface area contributed by atoms with Crippen molar-refractivity contribution in [1.82, 2.24) is 10.2 Å². The van der Waals surface area contributed by atoms with Crippen molar-refractivity contribution in [3.8, 4) is 11.1 Å². The number of carboxylic acid groups (broad SMARTS) is 1. The van der Waals surface area contributed by atoms with E-state index >= 15 is 0 Å². The summed E-state index contributed by atoms with van der Waals surface area (Å²) in [6.45, 7) is 1.86. The van der Waals surface area contributed by atoms with E-state index in [4.69, 9.17) is 4.74 Å². The number of carbonyl (C=O) groups is 3. The third-order valence-electron chi connectivity index (χ3n) is 5.98. The SMILES string of the molecule is CC1=C(C(=O)O)N2C(=O)[C@@H](NC(=O)OCC3c4ccccc4-c4ccccc43)[C@H]2SC1. The van der Waals surface area contributed by atoms with Gasteiger partial charge in [0.1, 0.15) is 23.7 Å². The van der Waals surface area contributed by atoms with Crippen LogP contribution >= 0.6 is 11.8 Å². The number of nitrogens with one attached hydrogen (secondary N) is 1. The van der Waals surface area contributed by atoms with Gasteiger partial charge in [0.05, 0.1) is 0 Å². The quantitative estimate of drug-likeness (QED) is 0.715. The number of nitrogens with zero attached hydrogens (tertiary/aromatic N) is 1. The number of rotatable bonds is 4. The first kappa shape index (κ1) is 19.7. The van der Waals surface area contributed by atoms with Gasteiger partial charge >= 0.3 is 12.1 Å². The van der Waals surface area contributed by atoms with Crippen LogP contribution in [0.25, 0.3) is 11.1 Å². The highest BCUT2D eigenvalue weighted by Crippen LogP contribution is 2.44. The van der Waals surface area contributed by atoms with Crippen molar-refractivity contribution >= 4 is 29.7 Å². The lowest BCUT2D eigenvalue weighted by Crippen LogP contribution is -2.70. The molecule has 5 rings (SSSR count). The molecule has 2 N–H and O–H groups in total. The van der Waals surface area contributed by atoms with E-state index in [1.54, 1.807) is 6.92 Å². The number of fused-ring (bicyclic) bond motifs is 4. The highest BCUT2D eigenvalue weighted by atomic mass is 32.2. The number of alkyl carbamates (subject to hydrolysis) is 1. The number of aliphatic carboxylic acids is 1. The molecule has 2 aliphatic heterocycles. The van der Waals surface area contributed by atoms with Gasteiger partial charge in [-0.05, 0) is 34.8 Å². The second-order valence-electron chi connectivity index (χ2n) is 7.79. The lowest BCUT2D eigenvalue weighted by Gasteiger charge is -2.49. The van der Waals surface area contributed by atoms with Crippen molar-refractivity contribution in [2.75, 3.05) is 12.4 Å². The van der Waals surface area contributed by atoms with Crippen LogP contribution in [0.2, 0.25) is 0 Å². The molecular weight excluding hydrogens is 416 g/mol. The van der Waals surface area contributed by atoms with Crippen molar-refractivity contribution in [2.24, 2.45) is 0 Å². The van der Waals surface area contributed by atoms with E-state index in [0.29, 0.717) is 11.3 Å². The zero-order chi connectivity index (χ0) is 21.7. The topological polar surface area (TPSA) is 95.9 Å². The average Bonchev–Trinajstić information content (AvgIpc) is 3.09. The lowest BCUT2D eigenvalue weighted by molar-refractivity contribution is -0.149. The van der Waals surface area contributed by atoms with Gasteiger partial charge in [0.25, 0.3) is 5.91 Å². The van der Waals surface area contributed by atoms with E-state index in [9.17, 15) is 19.5 Å². The molecule has 0 saturated carbocycles. The number of benzene rings is 2. The van der Waals surface area contributed by atoms with Gasteiger partial charge in [0.15, 0.2) is 0 Å². The minimum Gasteiger partial charge on any atom is -0.477 e. The lowest BCUT2D eigenvalue weighted by atomic mass is 9.98. The first-order valence-corrected chi connectivity index (χ1v) is 11.0. The van der Waals surface area contributed by atoms with Crippen LogP contribution in [0, 0.1) is 0 Å². The predicted molar refractivity (Wildman–Crippen MR) is 115 cm³/mol. The number of amides is 2. The summed E-state index contributed by atoms with van der Waals surface area (Å²) in [5.74, 6) is -1.13. The van der Waals surface area contributed by atoms with Gasteiger partial charge in [-0.3, -0.25) is 9.69 Å². The van der Waals surface area contributed by atoms with E-state index in [0.717, 1.165) is 22.3 Å². The van der Waals surface area contributed by atoms with Gasteiger partial charge in [-0.25, -0.2) is 9.59 Å². The molecule has 7 nitrogen and oxygen atoms in total. The number of ether oxygens (including phenoxy) is 1. The molecule has 3 aliphatic rings. The molecule has 2 aromatic rings. The molecule has 1 fully saturated rings. The zero-order valence-electron chi connectivity index (χ0n) is 16.7. The standard InChI is InChI=1S/C23H20N2O5S/c1-12-11-31-21-18(20(26)25(21)19(12)22(27)28)24-23(29)30-10-17-15-8-4-2-6-13(15)14-7-3-5-9-16(14)17/h2-9,17-18,21H,10-11H2,1H3,(H,24,29)(H,27,28)/t18-,21-/m1/s1. The Morgan fingerprint density at radius 3 is 2.35 bits per heavy atom. The fraction of sp³-hybridized carbons (Fsp3) is 0.261. The number of hydrogen-bond donors (Lipinski definition) is 2. The van der Waals surface area contributed by atoms with Crippen molar-refractivity contribution in [1.29, 1.82) is 0 Å². The summed E-state index contributed by atoms with van der Waals surface area (Å²) in [6, 6.07) is 15.3. The fourth-order valence-electron chi connectivity index (χ4n) is 4.54. The molecule has 31 heavy (non-hydrogen) atoms. The summed E-state index contributed by atoms with van der Waals surface area (Å²) < 4.78 is 5.51. The summed E-state index contributed by atoms with van der Waals surface area (Å²) in [5, 5.41) is 11.6. The molecule has 0 spiro atoms. The van der Waals surface area contributed by atoms with Gasteiger partial charge < -0.3 is 15.2 Å². The van der Waals surface area contributed by atoms with Crippen molar-refractivity contribution < 1.29 is 24.2 Å². The number of hydrogen-bond acceptors (Lipinski definition) is 5. The molecule has 2 atom stereocenters. The van der Waals surface area contributed by atoms with E-state index in [1.807, 2.05) is 36.4 Å². The maximum atomic E-state index is 12.5. The van der Waals surface area contributed by atoms with Crippen LogP contribution in [-0.4, -0.2) is 51.8 Å². The van der Waals surface area contributed by atoms with Gasteiger partial charge in [-0.1, -0.05) is 48.5 Å². The summed E-state index contributed by atoms with van der Waals surface area (Å²) in [7, 11) is 0. The Morgan fingerprint density at radius 2 is 1.74 bits per heavy atom. The number of thioether (sulfide) groups is 1. The third-order valence-corrected chi connectivity index (χ3v) is 7.40. The van der Waals surface area contributed by atoms with Gasteiger partial charge in [-0.15, -0.1) is 11.8 Å². The normalized spacial score (nSPS) is 21.7. The van der Waals surface area contributed by atoms with E-state index in [2.05, 4.69) is 17.4 Å². The minimum atomic E-state index is -1.13. The largest absolute Gasteiger partial charge is 0.477 e. The molecule has 8 heteroatoms. The molecule has 0 aromatic heterocycles. The first-order chi connectivity index (χ1) is 15.0. The van der Waals surface area contributed by atoms with Gasteiger partial charge in [0.2, 0.25) is 0 Å². The second-order valence-corrected chi connectivity index (χ2v) is 8.90. The van der Waals surface area contributed by atoms with Crippen LogP contribution in [0.15, 0.2) is 59.8 Å². The van der Waals surface area contributed by atoms with E-state index in [1.165, 1.54) is 16.7 Å². The van der Waals surface area contributed by atoms with Crippen LogP contribution in [0.1, 0.15) is 24.0 Å². The maximum Gasteiger partial charge on any atom is 0.407 e. The predicted octanol–water partition coefficient (Wildman–Crippen LogP) is 3.17. The zero-order valence-corrected chi connectivity index (χ0v) is 17.5. The molecule has 2 amide bonds. The second kappa shape index (κ2) is 7.46. The fourth-order valence-corrected chi connectivity index (χ4v) is 5.84. The van der Waals surface area contributed by atoms with Crippen molar-refractivity contribution in [3.63, 3.8) is 0 Å². The van der Waals surface area contributed by atoms with Crippen molar-refractivity contribution in [2.45, 2.75) is 24.3 Å². The molecule has 2 heterocycles. The van der Waals surface area contributed by atoms with Crippen LogP contribution in [-0.2, 0) is 14.3 Å². The maximum absolute atomic E-state index is 12.5. The Labute approximate surface area is 183 Å². The Bertz CT molecular complexity index is 1100. The monoisotopic (exact) mass is 436 g/mol. The molecule has 1 aliphatic carbocycles. The molecule has 0 unspecified atom stereocenters. The van der Waals surface area contributed by atoms with Gasteiger partial charge in [0, 0.05) is 11.7 Å². The van der Waals surface area contributed by atoms with Crippen LogP contribution in [0.3, 0.4) is 0 Å². The van der Waals surface area contributed by atoms with E-state index < -0.39 is 29.4 Å². The van der Waals surface area contributed by atoms with Gasteiger partial charge in [-0.2, -0.15) is 0 Å². The Kier molecular flexibility index (Phi) is 4.74. The molecule has 0 radical (unpaired) electrons. The average molecular weight is 436 g/mol. The molecular formula is C23H20N2O5S. The van der Waals surface area contributed by atoms with Crippen LogP contribution in [0.4, 0.5) is 4.79 Å². The summed E-state index contributed by atoms with van der Waals surface area (Å²) in [6.07, 6.45) is -0.677. The highest BCUT2D eigenvalue weighted by Gasteiger charge is 2.54. The van der Waals surface area contributed by atoms with Crippen LogP contribution < -0.4 is 5.32 Å². The Hall–Kier alpha value is -3.26. The Morgan fingerprint density at radius 1 is 1.13 bits per heavy atom. The summed E-state index contributed by atoms with van der Waals surface area (Å²) >= 11 is 1.43. The number of β-lactam (4-membered cyclic amide) rings is 1. The molecule has 0 bridgehead atoms. The Balaban J connectivity index is 1.26. The van der Waals surface area contributed by atoms with Crippen molar-refractivity contribution in [3.05, 3.63) is 70.9 Å². The highest BCUT2D eigenvalue weighted by molar-refractivity contribution is 8.00. The molecule has 158 valence electrons. The van der Waals surface area contributed by atoms with Crippen LogP contribution in [0.5, 0.6) is 0 Å². The summed E-state index contributed by atoms with van der Waals surface area (Å²) in [4.78, 5) is 37.8. The first-order valence-electron chi connectivity index (χ1n) is 9.96. The summed E-state index contributed by atoms with van der Waals surface area (Å²) in [5.41, 5.74) is 5.15. The third kappa shape index (κ3) is 3.09. The molecule has 1 saturated heterocycles.